The van der Waals surface area contributed by atoms with Crippen molar-refractivity contribution in [3.8, 4) is 0 Å². The maximum atomic E-state index is 12.9. The van der Waals surface area contributed by atoms with E-state index in [1.165, 1.54) is 6.07 Å². The largest absolute Gasteiger partial charge is 0.321 e. The minimum absolute atomic E-state index is 0.437. The molecular weight excluding hydrogens is 240 g/mol. The van der Waals surface area contributed by atoms with Crippen molar-refractivity contribution < 1.29 is 8.78 Å². The molecule has 13 heavy (non-hydrogen) atoms. The lowest BCUT2D eigenvalue weighted by molar-refractivity contribution is 0.503. The predicted molar refractivity (Wildman–Crippen MR) is 49.2 cm³/mol. The highest BCUT2D eigenvalue weighted by atomic mass is 79.9. The van der Waals surface area contributed by atoms with Crippen LogP contribution in [0.3, 0.4) is 0 Å². The van der Waals surface area contributed by atoms with Crippen LogP contribution in [0, 0.1) is 11.6 Å². The van der Waals surface area contributed by atoms with Crippen LogP contribution in [0.5, 0.6) is 0 Å². The van der Waals surface area contributed by atoms with Crippen LogP contribution in [0.2, 0.25) is 0 Å². The molecular formula is C9H8BrF2N. The Morgan fingerprint density at radius 1 is 1.23 bits per heavy atom. The molecule has 0 aliphatic heterocycles. The van der Waals surface area contributed by atoms with Gasteiger partial charge in [0.15, 0.2) is 11.6 Å². The van der Waals surface area contributed by atoms with E-state index in [2.05, 4.69) is 15.9 Å². The van der Waals surface area contributed by atoms with E-state index in [-0.39, 0.29) is 0 Å². The summed E-state index contributed by atoms with van der Waals surface area (Å²) in [6.45, 7) is 0. The number of hydrogen-bond acceptors (Lipinski definition) is 1. The van der Waals surface area contributed by atoms with Crippen molar-refractivity contribution in [1.29, 1.82) is 0 Å². The van der Waals surface area contributed by atoms with E-state index in [0.29, 0.717) is 10.0 Å². The molecule has 1 aliphatic rings. The zero-order chi connectivity index (χ0) is 9.64. The van der Waals surface area contributed by atoms with Gasteiger partial charge in [-0.15, -0.1) is 0 Å². The van der Waals surface area contributed by atoms with Crippen LogP contribution in [0.1, 0.15) is 18.4 Å². The second-order valence-electron chi connectivity index (χ2n) is 3.40. The third-order valence-electron chi connectivity index (χ3n) is 2.34. The van der Waals surface area contributed by atoms with Crippen molar-refractivity contribution in [3.63, 3.8) is 0 Å². The van der Waals surface area contributed by atoms with E-state index < -0.39 is 17.2 Å². The number of rotatable bonds is 1. The Morgan fingerprint density at radius 2 is 1.77 bits per heavy atom. The topological polar surface area (TPSA) is 26.0 Å². The second-order valence-corrected chi connectivity index (χ2v) is 4.26. The van der Waals surface area contributed by atoms with E-state index >= 15 is 0 Å². The molecule has 2 N–H and O–H groups in total. The molecule has 0 unspecified atom stereocenters. The fourth-order valence-electron chi connectivity index (χ4n) is 1.31. The molecule has 0 aromatic heterocycles. The first-order valence-corrected chi connectivity index (χ1v) is 4.76. The zero-order valence-electron chi connectivity index (χ0n) is 6.78. The van der Waals surface area contributed by atoms with Crippen molar-refractivity contribution in [3.05, 3.63) is 33.8 Å². The highest BCUT2D eigenvalue weighted by Crippen LogP contribution is 2.45. The summed E-state index contributed by atoms with van der Waals surface area (Å²) >= 11 is 3.17. The molecule has 70 valence electrons. The first-order chi connectivity index (χ1) is 6.03. The lowest BCUT2D eigenvalue weighted by Crippen LogP contribution is -2.19. The summed E-state index contributed by atoms with van der Waals surface area (Å²) in [7, 11) is 0. The summed E-state index contributed by atoms with van der Waals surface area (Å²) in [6, 6.07) is 2.30. The van der Waals surface area contributed by atoms with Gasteiger partial charge in [-0.25, -0.2) is 8.78 Å². The van der Waals surface area contributed by atoms with Crippen LogP contribution < -0.4 is 5.73 Å². The highest BCUT2D eigenvalue weighted by molar-refractivity contribution is 9.10. The summed E-state index contributed by atoms with van der Waals surface area (Å²) in [5.74, 6) is -1.69. The van der Waals surface area contributed by atoms with Crippen molar-refractivity contribution >= 4 is 15.9 Å². The Kier molecular flexibility index (Phi) is 1.92. The Hall–Kier alpha value is -0.480. The molecule has 0 spiro atoms. The third kappa shape index (κ3) is 1.48. The second kappa shape index (κ2) is 2.75. The summed E-state index contributed by atoms with van der Waals surface area (Å²) in [5, 5.41) is 0. The average Bonchev–Trinajstić information content (AvgIpc) is 2.77. The molecule has 0 saturated heterocycles. The fraction of sp³-hybridized carbons (Fsp3) is 0.333. The molecule has 0 bridgehead atoms. The molecule has 1 nitrogen and oxygen atoms in total. The predicted octanol–water partition coefficient (Wildman–Crippen LogP) is 2.68. The molecule has 1 aliphatic carbocycles. The molecule has 1 aromatic carbocycles. The molecule has 1 aromatic rings. The quantitative estimate of drug-likeness (QED) is 0.759. The van der Waals surface area contributed by atoms with Crippen LogP contribution >= 0.6 is 15.9 Å². The Balaban J connectivity index is 2.52. The molecule has 2 rings (SSSR count). The van der Waals surface area contributed by atoms with Gasteiger partial charge in [-0.1, -0.05) is 15.9 Å². The van der Waals surface area contributed by atoms with E-state index in [0.717, 1.165) is 18.9 Å². The minimum atomic E-state index is -0.847. The monoisotopic (exact) mass is 247 g/mol. The third-order valence-corrected chi connectivity index (χ3v) is 2.99. The zero-order valence-corrected chi connectivity index (χ0v) is 8.37. The first kappa shape index (κ1) is 9.09. The van der Waals surface area contributed by atoms with Crippen LogP contribution in [-0.4, -0.2) is 0 Å². The van der Waals surface area contributed by atoms with Gasteiger partial charge in [0.1, 0.15) is 0 Å². The molecule has 1 saturated carbocycles. The number of benzene rings is 1. The van der Waals surface area contributed by atoms with Crippen molar-refractivity contribution in [2.24, 2.45) is 5.73 Å². The molecule has 1 fully saturated rings. The van der Waals surface area contributed by atoms with Gasteiger partial charge in [0.05, 0.1) is 0 Å². The average molecular weight is 248 g/mol. The van der Waals surface area contributed by atoms with Crippen LogP contribution in [0.4, 0.5) is 8.78 Å². The molecule has 0 amide bonds. The fourth-order valence-corrected chi connectivity index (χ4v) is 2.02. The number of halogens is 3. The van der Waals surface area contributed by atoms with Crippen molar-refractivity contribution in [2.75, 3.05) is 0 Å². The lowest BCUT2D eigenvalue weighted by atomic mass is 10.1. The van der Waals surface area contributed by atoms with E-state index in [4.69, 9.17) is 5.73 Å². The Morgan fingerprint density at radius 3 is 2.31 bits per heavy atom. The van der Waals surface area contributed by atoms with Gasteiger partial charge in [-0.2, -0.15) is 0 Å². The Labute approximate surface area is 83.1 Å². The summed E-state index contributed by atoms with van der Waals surface area (Å²) in [5.41, 5.74) is 6.09. The van der Waals surface area contributed by atoms with Crippen molar-refractivity contribution in [1.82, 2.24) is 0 Å². The molecule has 0 radical (unpaired) electrons. The first-order valence-electron chi connectivity index (χ1n) is 3.97. The maximum absolute atomic E-state index is 12.9. The summed E-state index contributed by atoms with van der Waals surface area (Å²) in [6.07, 6.45) is 1.66. The van der Waals surface area contributed by atoms with Gasteiger partial charge < -0.3 is 5.73 Å². The van der Waals surface area contributed by atoms with Gasteiger partial charge in [0.2, 0.25) is 0 Å². The van der Waals surface area contributed by atoms with E-state index in [1.807, 2.05) is 0 Å². The summed E-state index contributed by atoms with van der Waals surface area (Å²) in [4.78, 5) is 0. The van der Waals surface area contributed by atoms with Crippen molar-refractivity contribution in [2.45, 2.75) is 18.4 Å². The van der Waals surface area contributed by atoms with Crippen LogP contribution in [-0.2, 0) is 5.54 Å². The normalized spacial score (nSPS) is 18.8. The highest BCUT2D eigenvalue weighted by Gasteiger charge is 2.41. The SMILES string of the molecule is NC1(c2cc(F)c(F)cc2Br)CC1. The number of nitrogens with two attached hydrogens (primary N) is 1. The van der Waals surface area contributed by atoms with Crippen LogP contribution in [0.25, 0.3) is 0 Å². The molecule has 0 atom stereocenters. The van der Waals surface area contributed by atoms with Crippen LogP contribution in [0.15, 0.2) is 16.6 Å². The van der Waals surface area contributed by atoms with Gasteiger partial charge in [0.25, 0.3) is 0 Å². The molecule has 0 heterocycles. The van der Waals surface area contributed by atoms with E-state index in [9.17, 15) is 8.78 Å². The smallest absolute Gasteiger partial charge is 0.159 e. The van der Waals surface area contributed by atoms with Gasteiger partial charge in [-0.3, -0.25) is 0 Å². The lowest BCUT2D eigenvalue weighted by Gasteiger charge is -2.11. The van der Waals surface area contributed by atoms with Gasteiger partial charge in [0, 0.05) is 10.0 Å². The minimum Gasteiger partial charge on any atom is -0.321 e. The standard InChI is InChI=1S/C9H8BrF2N/c10-6-4-8(12)7(11)3-5(6)9(13)1-2-9/h3-4H,1-2,13H2. The summed E-state index contributed by atoms with van der Waals surface area (Å²) < 4.78 is 26.1. The van der Waals surface area contributed by atoms with E-state index in [1.54, 1.807) is 0 Å². The molecule has 4 heteroatoms. The maximum Gasteiger partial charge on any atom is 0.159 e. The number of hydrogen-bond donors (Lipinski definition) is 1. The van der Waals surface area contributed by atoms with Gasteiger partial charge in [-0.05, 0) is 30.5 Å². The Bertz CT molecular complexity index is 361. The van der Waals surface area contributed by atoms with Gasteiger partial charge >= 0.3 is 0 Å².